The maximum atomic E-state index is 12.8. The number of hydrogen-bond acceptors (Lipinski definition) is 4. The average molecular weight is 474 g/mol. The first-order chi connectivity index (χ1) is 12.7. The number of benzene rings is 2. The molecular formula is C18H11BrF3NO2S2. The summed E-state index contributed by atoms with van der Waals surface area (Å²) < 4.78 is 44.9. The van der Waals surface area contributed by atoms with Gasteiger partial charge in [0, 0.05) is 0 Å². The molecule has 0 unspecified atom stereocenters. The third-order valence-electron chi connectivity index (χ3n) is 3.54. The van der Waals surface area contributed by atoms with Crippen molar-refractivity contribution in [1.29, 1.82) is 0 Å². The van der Waals surface area contributed by atoms with Crippen molar-refractivity contribution in [3.05, 3.63) is 68.5 Å². The van der Waals surface area contributed by atoms with Crippen LogP contribution in [-0.2, 0) is 17.6 Å². The van der Waals surface area contributed by atoms with E-state index in [1.165, 1.54) is 17.8 Å². The van der Waals surface area contributed by atoms with Crippen molar-refractivity contribution in [3.63, 3.8) is 0 Å². The van der Waals surface area contributed by atoms with E-state index in [-0.39, 0.29) is 12.5 Å². The molecule has 1 aliphatic heterocycles. The van der Waals surface area contributed by atoms with Gasteiger partial charge in [-0.15, -0.1) is 0 Å². The molecule has 1 N–H and O–H groups in total. The van der Waals surface area contributed by atoms with Gasteiger partial charge >= 0.3 is 6.18 Å². The summed E-state index contributed by atoms with van der Waals surface area (Å²) in [4.78, 5) is 12.2. The molecule has 1 saturated heterocycles. The molecule has 0 bridgehead atoms. The first-order valence-electron chi connectivity index (χ1n) is 7.56. The van der Waals surface area contributed by atoms with Crippen LogP contribution in [-0.4, -0.2) is 10.2 Å². The van der Waals surface area contributed by atoms with E-state index in [0.29, 0.717) is 25.0 Å². The van der Waals surface area contributed by atoms with Gasteiger partial charge in [0.1, 0.15) is 16.7 Å². The molecule has 9 heteroatoms. The van der Waals surface area contributed by atoms with Gasteiger partial charge < -0.3 is 10.1 Å². The number of carbonyl (C=O) groups excluding carboxylic acids is 1. The van der Waals surface area contributed by atoms with Gasteiger partial charge in [0.05, 0.1) is 14.9 Å². The summed E-state index contributed by atoms with van der Waals surface area (Å²) in [6.07, 6.45) is -2.70. The molecule has 3 rings (SSSR count). The van der Waals surface area contributed by atoms with E-state index >= 15 is 0 Å². The number of halogens is 4. The van der Waals surface area contributed by atoms with Gasteiger partial charge in [-0.3, -0.25) is 4.79 Å². The van der Waals surface area contributed by atoms with Crippen molar-refractivity contribution >= 4 is 56.2 Å². The largest absolute Gasteiger partial charge is 0.488 e. The number of amides is 1. The normalized spacial score (nSPS) is 15.9. The van der Waals surface area contributed by atoms with E-state index in [4.69, 9.17) is 17.0 Å². The molecule has 0 saturated carbocycles. The van der Waals surface area contributed by atoms with E-state index in [1.807, 2.05) is 0 Å². The lowest BCUT2D eigenvalue weighted by Crippen LogP contribution is -2.17. The molecule has 0 aliphatic carbocycles. The topological polar surface area (TPSA) is 38.3 Å². The van der Waals surface area contributed by atoms with Gasteiger partial charge in [-0.2, -0.15) is 13.2 Å². The SMILES string of the molecule is O=C1NC(=S)S/C1=C\c1ccc(OCc2cccc(C(F)(F)F)c2)c(Br)c1. The molecule has 1 fully saturated rings. The van der Waals surface area contributed by atoms with Crippen LogP contribution in [0.15, 0.2) is 51.8 Å². The molecule has 140 valence electrons. The van der Waals surface area contributed by atoms with Crippen LogP contribution in [0.4, 0.5) is 13.2 Å². The van der Waals surface area contributed by atoms with E-state index in [0.717, 1.165) is 17.7 Å². The van der Waals surface area contributed by atoms with Crippen LogP contribution >= 0.6 is 39.9 Å². The molecule has 1 heterocycles. The Morgan fingerprint density at radius 2 is 2.00 bits per heavy atom. The molecule has 1 aliphatic rings. The number of ether oxygens (including phenoxy) is 1. The lowest BCUT2D eigenvalue weighted by molar-refractivity contribution is -0.137. The number of thiocarbonyl (C=S) groups is 1. The fourth-order valence-corrected chi connectivity index (χ4v) is 3.85. The Kier molecular flexibility index (Phi) is 5.92. The summed E-state index contributed by atoms with van der Waals surface area (Å²) in [6, 6.07) is 10.2. The van der Waals surface area contributed by atoms with E-state index in [1.54, 1.807) is 30.3 Å². The predicted octanol–water partition coefficient (Wildman–Crippen LogP) is 5.54. The molecule has 0 atom stereocenters. The minimum atomic E-state index is -4.39. The fraction of sp³-hybridized carbons (Fsp3) is 0.111. The fourth-order valence-electron chi connectivity index (χ4n) is 2.29. The summed E-state index contributed by atoms with van der Waals surface area (Å²) in [6.45, 7) is -0.00448. The number of alkyl halides is 3. The molecule has 3 nitrogen and oxygen atoms in total. The predicted molar refractivity (Wildman–Crippen MR) is 106 cm³/mol. The van der Waals surface area contributed by atoms with Gasteiger partial charge in [-0.1, -0.05) is 42.2 Å². The van der Waals surface area contributed by atoms with E-state index in [2.05, 4.69) is 21.2 Å². The Hall–Kier alpha value is -1.84. The van der Waals surface area contributed by atoms with Crippen molar-refractivity contribution in [2.45, 2.75) is 12.8 Å². The number of thioether (sulfide) groups is 1. The van der Waals surface area contributed by atoms with Crippen LogP contribution in [0, 0.1) is 0 Å². The van der Waals surface area contributed by atoms with Crippen LogP contribution in [0.5, 0.6) is 5.75 Å². The van der Waals surface area contributed by atoms with Crippen LogP contribution in [0.3, 0.4) is 0 Å². The van der Waals surface area contributed by atoms with Crippen molar-refractivity contribution in [2.75, 3.05) is 0 Å². The summed E-state index contributed by atoms with van der Waals surface area (Å²) in [7, 11) is 0. The molecule has 1 amide bonds. The summed E-state index contributed by atoms with van der Waals surface area (Å²) in [5.74, 6) is 0.236. The minimum Gasteiger partial charge on any atom is -0.488 e. The van der Waals surface area contributed by atoms with E-state index < -0.39 is 11.7 Å². The number of carbonyl (C=O) groups is 1. The zero-order chi connectivity index (χ0) is 19.6. The Labute approximate surface area is 171 Å². The second-order valence-corrected chi connectivity index (χ2v) is 8.10. The molecule has 0 spiro atoms. The zero-order valence-electron chi connectivity index (χ0n) is 13.5. The smallest absolute Gasteiger partial charge is 0.416 e. The summed E-state index contributed by atoms with van der Waals surface area (Å²) in [5.41, 5.74) is 0.459. The monoisotopic (exact) mass is 473 g/mol. The Balaban J connectivity index is 1.71. The maximum absolute atomic E-state index is 12.8. The maximum Gasteiger partial charge on any atom is 0.416 e. The van der Waals surface area contributed by atoms with Gasteiger partial charge in [0.15, 0.2) is 0 Å². The standard InChI is InChI=1S/C18H11BrF3NO2S2/c19-13-7-10(8-15-16(24)23-17(26)27-15)4-5-14(13)25-9-11-2-1-3-12(6-11)18(20,21)22/h1-8H,9H2,(H,23,24,26)/b15-8-. The van der Waals surface area contributed by atoms with Gasteiger partial charge in [0.2, 0.25) is 0 Å². The highest BCUT2D eigenvalue weighted by molar-refractivity contribution is 9.10. The summed E-state index contributed by atoms with van der Waals surface area (Å²) >= 11 is 9.50. The lowest BCUT2D eigenvalue weighted by atomic mass is 10.1. The van der Waals surface area contributed by atoms with Crippen LogP contribution < -0.4 is 10.1 Å². The number of nitrogens with one attached hydrogen (secondary N) is 1. The van der Waals surface area contributed by atoms with Crippen molar-refractivity contribution < 1.29 is 22.7 Å². The number of hydrogen-bond donors (Lipinski definition) is 1. The van der Waals surface area contributed by atoms with Crippen LogP contribution in [0.1, 0.15) is 16.7 Å². The van der Waals surface area contributed by atoms with E-state index in [9.17, 15) is 18.0 Å². The third kappa shape index (κ3) is 5.12. The molecular weight excluding hydrogens is 463 g/mol. The first kappa shape index (κ1) is 19.9. The van der Waals surface area contributed by atoms with Crippen molar-refractivity contribution in [3.8, 4) is 5.75 Å². The highest BCUT2D eigenvalue weighted by Crippen LogP contribution is 2.32. The molecule has 2 aromatic carbocycles. The zero-order valence-corrected chi connectivity index (χ0v) is 16.7. The molecule has 2 aromatic rings. The Morgan fingerprint density at radius 1 is 1.22 bits per heavy atom. The average Bonchev–Trinajstić information content (AvgIpc) is 2.91. The third-order valence-corrected chi connectivity index (χ3v) is 5.33. The van der Waals surface area contributed by atoms with Crippen molar-refractivity contribution in [1.82, 2.24) is 5.32 Å². The quantitative estimate of drug-likeness (QED) is 0.467. The van der Waals surface area contributed by atoms with Crippen LogP contribution in [0.25, 0.3) is 6.08 Å². The number of rotatable bonds is 4. The van der Waals surface area contributed by atoms with Gasteiger partial charge in [-0.05, 0) is 57.4 Å². The highest BCUT2D eigenvalue weighted by Gasteiger charge is 2.30. The minimum absolute atomic E-state index is 0.00448. The lowest BCUT2D eigenvalue weighted by Gasteiger charge is -2.11. The van der Waals surface area contributed by atoms with Gasteiger partial charge in [0.25, 0.3) is 5.91 Å². The highest BCUT2D eigenvalue weighted by atomic mass is 79.9. The second-order valence-electron chi connectivity index (χ2n) is 5.53. The molecule has 27 heavy (non-hydrogen) atoms. The van der Waals surface area contributed by atoms with Crippen LogP contribution in [0.2, 0.25) is 0 Å². The van der Waals surface area contributed by atoms with Gasteiger partial charge in [-0.25, -0.2) is 0 Å². The molecule has 0 radical (unpaired) electrons. The Morgan fingerprint density at radius 3 is 2.63 bits per heavy atom. The Bertz CT molecular complexity index is 944. The second kappa shape index (κ2) is 8.04. The first-order valence-corrected chi connectivity index (χ1v) is 9.57. The molecule has 0 aromatic heterocycles. The summed E-state index contributed by atoms with van der Waals surface area (Å²) in [5, 5.41) is 2.54. The van der Waals surface area contributed by atoms with Crippen molar-refractivity contribution in [2.24, 2.45) is 0 Å².